The highest BCUT2D eigenvalue weighted by atomic mass is 35.5. The third kappa shape index (κ3) is 3.96. The maximum Gasteiger partial charge on any atom is 0.433 e. The van der Waals surface area contributed by atoms with Crippen LogP contribution in [0.5, 0.6) is 0 Å². The largest absolute Gasteiger partial charge is 0.433 e. The van der Waals surface area contributed by atoms with Crippen LogP contribution in [0, 0.1) is 0 Å². The van der Waals surface area contributed by atoms with Crippen LogP contribution in [0.1, 0.15) is 32.1 Å². The Morgan fingerprint density at radius 2 is 1.81 bits per heavy atom. The van der Waals surface area contributed by atoms with Crippen LogP contribution >= 0.6 is 23.2 Å². The first kappa shape index (κ1) is 22.6. The summed E-state index contributed by atoms with van der Waals surface area (Å²) in [6, 6.07) is 5.13. The van der Waals surface area contributed by atoms with Crippen LogP contribution in [0.15, 0.2) is 30.5 Å². The Hall–Kier alpha value is -2.62. The van der Waals surface area contributed by atoms with Crippen molar-refractivity contribution in [1.82, 2.24) is 14.5 Å². The summed E-state index contributed by atoms with van der Waals surface area (Å²) in [5.41, 5.74) is -0.827. The van der Waals surface area contributed by atoms with Crippen LogP contribution in [0.3, 0.4) is 0 Å². The van der Waals surface area contributed by atoms with Gasteiger partial charge in [0, 0.05) is 31.7 Å². The van der Waals surface area contributed by atoms with Crippen molar-refractivity contribution >= 4 is 45.8 Å². The molecule has 1 aliphatic heterocycles. The SMILES string of the molecule is Cn1c(C(=O)c2c(Cl)ccc(C(=O)N3CCOCC3)c2Cl)cc2cnc(C(F)(F)F)cc21. The van der Waals surface area contributed by atoms with E-state index in [0.717, 1.165) is 12.3 Å². The molecule has 0 N–H and O–H groups in total. The summed E-state index contributed by atoms with van der Waals surface area (Å²) >= 11 is 12.7. The molecule has 3 aromatic rings. The highest BCUT2D eigenvalue weighted by molar-refractivity contribution is 6.42. The summed E-state index contributed by atoms with van der Waals surface area (Å²) in [4.78, 5) is 31.2. The van der Waals surface area contributed by atoms with Crippen LogP contribution in [-0.4, -0.2) is 52.4 Å². The standard InChI is InChI=1S/C21H16Cl2F3N3O3/c1-28-14-9-16(21(24,25)26)27-10-11(14)8-15(28)19(30)17-13(22)3-2-12(18(17)23)20(31)29-4-6-32-7-5-29/h2-3,8-10H,4-7H2,1H3. The van der Waals surface area contributed by atoms with E-state index in [1.807, 2.05) is 0 Å². The number of amides is 1. The molecule has 168 valence electrons. The van der Waals surface area contributed by atoms with Gasteiger partial charge in [0.15, 0.2) is 0 Å². The van der Waals surface area contributed by atoms with Crippen molar-refractivity contribution in [2.75, 3.05) is 26.3 Å². The lowest BCUT2D eigenvalue weighted by atomic mass is 10.0. The Labute approximate surface area is 190 Å². The molecule has 0 bridgehead atoms. The summed E-state index contributed by atoms with van der Waals surface area (Å²) in [5.74, 6) is -0.982. The van der Waals surface area contributed by atoms with Gasteiger partial charge in [-0.3, -0.25) is 14.6 Å². The first-order chi connectivity index (χ1) is 15.1. The molecule has 1 amide bonds. The number of aryl methyl sites for hydroxylation is 1. The molecule has 0 saturated carbocycles. The van der Waals surface area contributed by atoms with Gasteiger partial charge in [0.2, 0.25) is 5.78 Å². The quantitative estimate of drug-likeness (QED) is 0.508. The fourth-order valence-corrected chi connectivity index (χ4v) is 4.22. The molecule has 0 unspecified atom stereocenters. The minimum atomic E-state index is -4.62. The number of ether oxygens (including phenoxy) is 1. The van der Waals surface area contributed by atoms with Gasteiger partial charge in [0.25, 0.3) is 5.91 Å². The number of hydrogen-bond acceptors (Lipinski definition) is 4. The van der Waals surface area contributed by atoms with Crippen molar-refractivity contribution < 1.29 is 27.5 Å². The van der Waals surface area contributed by atoms with E-state index in [1.54, 1.807) is 4.90 Å². The second-order valence-electron chi connectivity index (χ2n) is 7.23. The first-order valence-electron chi connectivity index (χ1n) is 9.52. The number of alkyl halides is 3. The number of fused-ring (bicyclic) bond motifs is 1. The van der Waals surface area contributed by atoms with Crippen molar-refractivity contribution in [3.8, 4) is 0 Å². The van der Waals surface area contributed by atoms with Crippen molar-refractivity contribution in [3.63, 3.8) is 0 Å². The molecule has 1 aromatic carbocycles. The molecule has 11 heteroatoms. The number of carbonyl (C=O) groups excluding carboxylic acids is 2. The molecule has 0 radical (unpaired) electrons. The lowest BCUT2D eigenvalue weighted by Gasteiger charge is -2.27. The molecule has 1 fully saturated rings. The van der Waals surface area contributed by atoms with E-state index in [0.29, 0.717) is 31.7 Å². The molecular formula is C21H16Cl2F3N3O3. The number of halogens is 5. The third-order valence-electron chi connectivity index (χ3n) is 5.30. The zero-order valence-electron chi connectivity index (χ0n) is 16.7. The molecule has 6 nitrogen and oxygen atoms in total. The third-order valence-corrected chi connectivity index (χ3v) is 6.00. The van der Waals surface area contributed by atoms with E-state index in [-0.39, 0.29) is 38.3 Å². The van der Waals surface area contributed by atoms with Crippen molar-refractivity contribution in [1.29, 1.82) is 0 Å². The van der Waals surface area contributed by atoms with Gasteiger partial charge in [-0.25, -0.2) is 0 Å². The van der Waals surface area contributed by atoms with Gasteiger partial charge >= 0.3 is 6.18 Å². The van der Waals surface area contributed by atoms with Gasteiger partial charge < -0.3 is 14.2 Å². The van der Waals surface area contributed by atoms with Crippen LogP contribution in [0.2, 0.25) is 10.0 Å². The lowest BCUT2D eigenvalue weighted by molar-refractivity contribution is -0.141. The second-order valence-corrected chi connectivity index (χ2v) is 8.02. The van der Waals surface area contributed by atoms with Crippen LogP contribution in [-0.2, 0) is 18.0 Å². The molecule has 0 aliphatic carbocycles. The normalized spacial score (nSPS) is 14.8. The van der Waals surface area contributed by atoms with E-state index in [1.165, 1.54) is 29.8 Å². The number of carbonyl (C=O) groups is 2. The highest BCUT2D eigenvalue weighted by Crippen LogP contribution is 2.34. The average molecular weight is 486 g/mol. The highest BCUT2D eigenvalue weighted by Gasteiger charge is 2.33. The minimum Gasteiger partial charge on any atom is -0.378 e. The maximum atomic E-state index is 13.3. The Morgan fingerprint density at radius 1 is 1.12 bits per heavy atom. The van der Waals surface area contributed by atoms with Crippen molar-refractivity contribution in [3.05, 3.63) is 63.0 Å². The van der Waals surface area contributed by atoms with E-state index in [4.69, 9.17) is 27.9 Å². The van der Waals surface area contributed by atoms with E-state index in [2.05, 4.69) is 4.98 Å². The maximum absolute atomic E-state index is 13.3. The number of rotatable bonds is 3. The zero-order valence-corrected chi connectivity index (χ0v) is 18.2. The summed E-state index contributed by atoms with van der Waals surface area (Å²) in [6.45, 7) is 1.57. The first-order valence-corrected chi connectivity index (χ1v) is 10.3. The van der Waals surface area contributed by atoms with Gasteiger partial charge in [0.05, 0.1) is 45.6 Å². The molecular weight excluding hydrogens is 470 g/mol. The Balaban J connectivity index is 1.77. The lowest BCUT2D eigenvalue weighted by Crippen LogP contribution is -2.40. The number of nitrogens with zero attached hydrogens (tertiary/aromatic N) is 3. The van der Waals surface area contributed by atoms with E-state index in [9.17, 15) is 22.8 Å². The Morgan fingerprint density at radius 3 is 2.47 bits per heavy atom. The topological polar surface area (TPSA) is 64.4 Å². The van der Waals surface area contributed by atoms with Gasteiger partial charge in [-0.2, -0.15) is 13.2 Å². The molecule has 32 heavy (non-hydrogen) atoms. The average Bonchev–Trinajstić information content (AvgIpc) is 3.09. The number of aromatic nitrogens is 2. The second kappa shape index (κ2) is 8.38. The fraction of sp³-hybridized carbons (Fsp3) is 0.286. The van der Waals surface area contributed by atoms with Crippen molar-refractivity contribution in [2.45, 2.75) is 6.18 Å². The molecule has 2 aromatic heterocycles. The van der Waals surface area contributed by atoms with Crippen molar-refractivity contribution in [2.24, 2.45) is 7.05 Å². The predicted octanol–water partition coefficient (Wildman–Crippen LogP) is 4.60. The summed E-state index contributed by atoms with van der Waals surface area (Å²) < 4.78 is 45.7. The van der Waals surface area contributed by atoms with Gasteiger partial charge in [-0.15, -0.1) is 0 Å². The predicted molar refractivity (Wildman–Crippen MR) is 112 cm³/mol. The molecule has 3 heterocycles. The molecule has 1 aliphatic rings. The smallest absolute Gasteiger partial charge is 0.378 e. The summed E-state index contributed by atoms with van der Waals surface area (Å²) in [6.07, 6.45) is -3.57. The Bertz CT molecular complexity index is 1230. The van der Waals surface area contributed by atoms with E-state index < -0.39 is 17.7 Å². The number of benzene rings is 1. The number of pyridine rings is 1. The molecule has 1 saturated heterocycles. The van der Waals surface area contributed by atoms with Crippen LogP contribution < -0.4 is 0 Å². The number of ketones is 1. The van der Waals surface area contributed by atoms with E-state index >= 15 is 0 Å². The monoisotopic (exact) mass is 485 g/mol. The summed E-state index contributed by atoms with van der Waals surface area (Å²) in [7, 11) is 1.46. The zero-order chi connectivity index (χ0) is 23.2. The van der Waals surface area contributed by atoms with Gasteiger partial charge in [-0.1, -0.05) is 23.2 Å². The van der Waals surface area contributed by atoms with Gasteiger partial charge in [-0.05, 0) is 24.3 Å². The van der Waals surface area contributed by atoms with Crippen LogP contribution in [0.4, 0.5) is 13.2 Å². The molecule has 0 atom stereocenters. The van der Waals surface area contributed by atoms with Gasteiger partial charge in [0.1, 0.15) is 5.69 Å². The fourth-order valence-electron chi connectivity index (χ4n) is 3.59. The molecule has 4 rings (SSSR count). The number of morpholine rings is 1. The van der Waals surface area contributed by atoms with Crippen LogP contribution in [0.25, 0.3) is 10.9 Å². The summed E-state index contributed by atoms with van der Waals surface area (Å²) in [5, 5.41) is 0.257. The molecule has 0 spiro atoms. The number of hydrogen-bond donors (Lipinski definition) is 0. The minimum absolute atomic E-state index is 0.0258. The Kier molecular flexibility index (Phi) is 5.91.